The number of hydrogen-bond donors (Lipinski definition) is 2. The molecule has 6 nitrogen and oxygen atoms in total. The number of aryl methyl sites for hydroxylation is 1. The van der Waals surface area contributed by atoms with Crippen LogP contribution in [0.2, 0.25) is 0 Å². The van der Waals surface area contributed by atoms with Gasteiger partial charge >= 0.3 is 5.97 Å². The molecule has 0 saturated heterocycles. The van der Waals surface area contributed by atoms with Crippen LogP contribution in [0.4, 0.5) is 0 Å². The highest BCUT2D eigenvalue weighted by Crippen LogP contribution is 2.17. The zero-order valence-corrected chi connectivity index (χ0v) is 11.5. The Morgan fingerprint density at radius 2 is 2.11 bits per heavy atom. The van der Waals surface area contributed by atoms with Crippen LogP contribution >= 0.6 is 0 Å². The lowest BCUT2D eigenvalue weighted by molar-refractivity contribution is -0.119. The van der Waals surface area contributed by atoms with Gasteiger partial charge in [0.1, 0.15) is 5.76 Å². The van der Waals surface area contributed by atoms with E-state index in [1.807, 2.05) is 18.7 Å². The molecule has 0 aliphatic carbocycles. The number of carbonyl (C=O) groups excluding carboxylic acids is 1. The second-order valence-electron chi connectivity index (χ2n) is 5.03. The Bertz CT molecular complexity index is 465. The van der Waals surface area contributed by atoms with Gasteiger partial charge in [-0.05, 0) is 18.9 Å². The average molecular weight is 268 g/mol. The molecule has 6 heteroatoms. The molecule has 0 unspecified atom stereocenters. The van der Waals surface area contributed by atoms with E-state index in [0.717, 1.165) is 5.56 Å². The van der Waals surface area contributed by atoms with Gasteiger partial charge in [-0.1, -0.05) is 13.8 Å². The summed E-state index contributed by atoms with van der Waals surface area (Å²) in [5.74, 6) is -0.655. The molecule has 0 aliphatic heterocycles. The Labute approximate surface area is 112 Å². The van der Waals surface area contributed by atoms with Gasteiger partial charge in [-0.25, -0.2) is 4.79 Å². The van der Waals surface area contributed by atoms with E-state index < -0.39 is 11.9 Å². The van der Waals surface area contributed by atoms with Crippen LogP contribution in [0.15, 0.2) is 10.5 Å². The van der Waals surface area contributed by atoms with Crippen molar-refractivity contribution in [3.05, 3.63) is 23.2 Å². The summed E-state index contributed by atoms with van der Waals surface area (Å²) in [6.07, 6.45) is 0. The zero-order valence-electron chi connectivity index (χ0n) is 11.5. The largest absolute Gasteiger partial charge is 0.475 e. The summed E-state index contributed by atoms with van der Waals surface area (Å²) in [5, 5.41) is 8.87. The van der Waals surface area contributed by atoms with E-state index >= 15 is 0 Å². The van der Waals surface area contributed by atoms with Crippen LogP contribution in [0.25, 0.3) is 0 Å². The normalized spacial score (nSPS) is 11.2. The Hall–Kier alpha value is -1.82. The van der Waals surface area contributed by atoms with Crippen LogP contribution < -0.4 is 5.73 Å². The number of aromatic carboxylic acids is 1. The highest BCUT2D eigenvalue weighted by atomic mass is 16.4. The molecule has 0 atom stereocenters. The Morgan fingerprint density at radius 1 is 1.47 bits per heavy atom. The first-order chi connectivity index (χ1) is 8.79. The van der Waals surface area contributed by atoms with Gasteiger partial charge in [0, 0.05) is 18.7 Å². The van der Waals surface area contributed by atoms with Crippen LogP contribution in [0.5, 0.6) is 0 Å². The molecular weight excluding hydrogens is 248 g/mol. The molecule has 1 aromatic rings. The number of carboxylic acids is 1. The topological polar surface area (TPSA) is 96.8 Å². The van der Waals surface area contributed by atoms with Gasteiger partial charge in [0.15, 0.2) is 0 Å². The second-order valence-corrected chi connectivity index (χ2v) is 5.03. The highest BCUT2D eigenvalue weighted by Gasteiger charge is 2.17. The number of amides is 1. The van der Waals surface area contributed by atoms with Gasteiger partial charge in [0.25, 0.3) is 0 Å². The van der Waals surface area contributed by atoms with Crippen molar-refractivity contribution in [2.75, 3.05) is 13.1 Å². The lowest BCUT2D eigenvalue weighted by Gasteiger charge is -2.22. The van der Waals surface area contributed by atoms with Crippen molar-refractivity contribution < 1.29 is 19.1 Å². The van der Waals surface area contributed by atoms with Crippen molar-refractivity contribution in [2.45, 2.75) is 27.3 Å². The Kier molecular flexibility index (Phi) is 5.11. The van der Waals surface area contributed by atoms with Gasteiger partial charge in [0.05, 0.1) is 6.54 Å². The molecular formula is C13H20N2O4. The van der Waals surface area contributed by atoms with Crippen LogP contribution in [0.1, 0.15) is 35.7 Å². The minimum atomic E-state index is -1.10. The first-order valence-electron chi connectivity index (χ1n) is 6.12. The first kappa shape index (κ1) is 15.2. The van der Waals surface area contributed by atoms with Gasteiger partial charge in [0.2, 0.25) is 11.7 Å². The predicted octanol–water partition coefficient (Wildman–Crippen LogP) is 1.23. The Morgan fingerprint density at radius 3 is 2.53 bits per heavy atom. The van der Waals surface area contributed by atoms with Crippen LogP contribution in [-0.2, 0) is 11.3 Å². The van der Waals surface area contributed by atoms with E-state index in [1.54, 1.807) is 6.92 Å². The molecule has 1 heterocycles. The minimum absolute atomic E-state index is 0.0870. The maximum absolute atomic E-state index is 11.0. The minimum Gasteiger partial charge on any atom is -0.475 e. The SMILES string of the molecule is Cc1oc(C(=O)O)cc1CN(CC(N)=O)CC(C)C. The molecule has 19 heavy (non-hydrogen) atoms. The summed E-state index contributed by atoms with van der Waals surface area (Å²) >= 11 is 0. The van der Waals surface area contributed by atoms with Gasteiger partial charge in [-0.3, -0.25) is 9.69 Å². The summed E-state index contributed by atoms with van der Waals surface area (Å²) < 4.78 is 5.14. The standard InChI is InChI=1S/C13H20N2O4/c1-8(2)5-15(7-12(14)16)6-10-4-11(13(17)18)19-9(10)3/h4,8H,5-7H2,1-3H3,(H2,14,16)(H,17,18). The molecule has 1 amide bonds. The van der Waals surface area contributed by atoms with Crippen molar-refractivity contribution in [2.24, 2.45) is 11.7 Å². The predicted molar refractivity (Wildman–Crippen MR) is 69.7 cm³/mol. The van der Waals surface area contributed by atoms with E-state index in [4.69, 9.17) is 15.3 Å². The number of nitrogens with two attached hydrogens (primary N) is 1. The Balaban J connectivity index is 2.83. The van der Waals surface area contributed by atoms with Crippen molar-refractivity contribution in [3.63, 3.8) is 0 Å². The van der Waals surface area contributed by atoms with Crippen molar-refractivity contribution >= 4 is 11.9 Å². The molecule has 1 aromatic heterocycles. The summed E-state index contributed by atoms with van der Waals surface area (Å²) in [6.45, 7) is 7.09. The summed E-state index contributed by atoms with van der Waals surface area (Å²) in [6, 6.07) is 1.49. The molecule has 106 valence electrons. The molecule has 0 saturated carbocycles. The highest BCUT2D eigenvalue weighted by molar-refractivity contribution is 5.84. The van der Waals surface area contributed by atoms with Crippen molar-refractivity contribution in [3.8, 4) is 0 Å². The number of furan rings is 1. The summed E-state index contributed by atoms with van der Waals surface area (Å²) in [5.41, 5.74) is 5.98. The second kappa shape index (κ2) is 6.38. The van der Waals surface area contributed by atoms with E-state index in [-0.39, 0.29) is 12.3 Å². The number of nitrogens with zero attached hydrogens (tertiary/aromatic N) is 1. The average Bonchev–Trinajstić information content (AvgIpc) is 2.58. The first-order valence-corrected chi connectivity index (χ1v) is 6.12. The third kappa shape index (κ3) is 4.75. The fourth-order valence-electron chi connectivity index (χ4n) is 1.94. The third-order valence-corrected chi connectivity index (χ3v) is 2.63. The molecule has 3 N–H and O–H groups in total. The maximum Gasteiger partial charge on any atom is 0.371 e. The van der Waals surface area contributed by atoms with Crippen molar-refractivity contribution in [1.29, 1.82) is 0 Å². The van der Waals surface area contributed by atoms with Crippen molar-refractivity contribution in [1.82, 2.24) is 4.90 Å². The smallest absolute Gasteiger partial charge is 0.371 e. The zero-order chi connectivity index (χ0) is 14.6. The molecule has 0 spiro atoms. The number of hydrogen-bond acceptors (Lipinski definition) is 4. The molecule has 0 fully saturated rings. The molecule has 0 aliphatic rings. The molecule has 0 radical (unpaired) electrons. The lowest BCUT2D eigenvalue weighted by Crippen LogP contribution is -2.35. The van der Waals surface area contributed by atoms with Crippen LogP contribution in [-0.4, -0.2) is 35.0 Å². The fourth-order valence-corrected chi connectivity index (χ4v) is 1.94. The molecule has 0 aromatic carbocycles. The quantitative estimate of drug-likeness (QED) is 0.775. The third-order valence-electron chi connectivity index (χ3n) is 2.63. The maximum atomic E-state index is 11.0. The molecule has 0 bridgehead atoms. The molecule has 1 rings (SSSR count). The van der Waals surface area contributed by atoms with E-state index in [0.29, 0.717) is 24.8 Å². The van der Waals surface area contributed by atoms with E-state index in [2.05, 4.69) is 0 Å². The van der Waals surface area contributed by atoms with Gasteiger partial charge < -0.3 is 15.3 Å². The monoisotopic (exact) mass is 268 g/mol. The van der Waals surface area contributed by atoms with Crippen LogP contribution in [0, 0.1) is 12.8 Å². The van der Waals surface area contributed by atoms with E-state index in [9.17, 15) is 9.59 Å². The number of carbonyl (C=O) groups is 2. The van der Waals surface area contributed by atoms with Crippen LogP contribution in [0.3, 0.4) is 0 Å². The number of rotatable bonds is 7. The summed E-state index contributed by atoms with van der Waals surface area (Å²) in [4.78, 5) is 23.8. The number of carboxylic acid groups (broad SMARTS) is 1. The lowest BCUT2D eigenvalue weighted by atomic mass is 10.1. The number of primary amides is 1. The fraction of sp³-hybridized carbons (Fsp3) is 0.538. The van der Waals surface area contributed by atoms with Gasteiger partial charge in [-0.2, -0.15) is 0 Å². The van der Waals surface area contributed by atoms with Gasteiger partial charge in [-0.15, -0.1) is 0 Å². The summed E-state index contributed by atoms with van der Waals surface area (Å²) in [7, 11) is 0. The van der Waals surface area contributed by atoms with E-state index in [1.165, 1.54) is 6.07 Å².